The number of nitrogens with zero attached hydrogens (tertiary/aromatic N) is 1. The second-order valence-electron chi connectivity index (χ2n) is 3.58. The Morgan fingerprint density at radius 2 is 1.89 bits per heavy atom. The molecule has 0 unspecified atom stereocenters. The van der Waals surface area contributed by atoms with E-state index >= 15 is 0 Å². The molecule has 1 aromatic heterocycles. The van der Waals surface area contributed by atoms with Crippen LogP contribution in [0.5, 0.6) is 0 Å². The number of anilines is 1. The maximum absolute atomic E-state index is 11.1. The number of thiophene rings is 1. The molecule has 0 aliphatic heterocycles. The maximum atomic E-state index is 11.1. The number of benzene rings is 1. The number of primary sulfonamides is 1. The summed E-state index contributed by atoms with van der Waals surface area (Å²) in [5.41, 5.74) is 3.49. The van der Waals surface area contributed by atoms with Crippen molar-refractivity contribution >= 4 is 49.2 Å². The van der Waals surface area contributed by atoms with Crippen LogP contribution in [0.15, 0.2) is 50.2 Å². The average Bonchev–Trinajstić information content (AvgIpc) is 2.75. The van der Waals surface area contributed by atoms with Crippen LogP contribution in [0.25, 0.3) is 0 Å². The lowest BCUT2D eigenvalue weighted by Gasteiger charge is -2.01. The summed E-state index contributed by atoms with van der Waals surface area (Å²) in [4.78, 5) is 1.07. The van der Waals surface area contributed by atoms with Gasteiger partial charge in [0, 0.05) is 4.88 Å². The molecule has 19 heavy (non-hydrogen) atoms. The molecule has 8 heteroatoms. The third kappa shape index (κ3) is 4.13. The van der Waals surface area contributed by atoms with Crippen molar-refractivity contribution in [2.24, 2.45) is 10.2 Å². The van der Waals surface area contributed by atoms with E-state index in [9.17, 15) is 8.42 Å². The highest BCUT2D eigenvalue weighted by Crippen LogP contribution is 2.20. The highest BCUT2D eigenvalue weighted by atomic mass is 79.9. The van der Waals surface area contributed by atoms with E-state index in [2.05, 4.69) is 26.5 Å². The molecule has 3 N–H and O–H groups in total. The van der Waals surface area contributed by atoms with Gasteiger partial charge < -0.3 is 0 Å². The zero-order valence-electron chi connectivity index (χ0n) is 9.58. The van der Waals surface area contributed by atoms with Gasteiger partial charge in [0.05, 0.1) is 20.6 Å². The van der Waals surface area contributed by atoms with Crippen molar-refractivity contribution in [3.63, 3.8) is 0 Å². The summed E-state index contributed by atoms with van der Waals surface area (Å²) in [5, 5.41) is 9.06. The molecule has 1 aromatic carbocycles. The SMILES string of the molecule is NS(=O)(=O)c1ccc(N/N=C/c2ccc(Br)s2)cc1. The fraction of sp³-hybridized carbons (Fsp3) is 0. The molecule has 0 amide bonds. The zero-order valence-corrected chi connectivity index (χ0v) is 12.8. The number of rotatable bonds is 4. The van der Waals surface area contributed by atoms with Crippen molar-refractivity contribution in [2.75, 3.05) is 5.43 Å². The number of nitrogens with two attached hydrogens (primary N) is 1. The fourth-order valence-corrected chi connectivity index (χ4v) is 3.10. The van der Waals surface area contributed by atoms with E-state index in [-0.39, 0.29) is 4.90 Å². The largest absolute Gasteiger partial charge is 0.278 e. The van der Waals surface area contributed by atoms with Crippen molar-refractivity contribution in [1.82, 2.24) is 0 Å². The van der Waals surface area contributed by atoms with E-state index in [0.29, 0.717) is 5.69 Å². The molecule has 0 aliphatic rings. The molecule has 0 radical (unpaired) electrons. The van der Waals surface area contributed by atoms with Gasteiger partial charge >= 0.3 is 0 Å². The predicted molar refractivity (Wildman–Crippen MR) is 81.1 cm³/mol. The minimum atomic E-state index is -3.65. The second kappa shape index (κ2) is 5.83. The van der Waals surface area contributed by atoms with E-state index in [1.807, 2.05) is 12.1 Å². The van der Waals surface area contributed by atoms with Crippen LogP contribution in [0.3, 0.4) is 0 Å². The van der Waals surface area contributed by atoms with Gasteiger partial charge in [0.15, 0.2) is 0 Å². The van der Waals surface area contributed by atoms with Crippen molar-refractivity contribution in [1.29, 1.82) is 0 Å². The summed E-state index contributed by atoms with van der Waals surface area (Å²) in [7, 11) is -3.65. The van der Waals surface area contributed by atoms with Crippen LogP contribution >= 0.6 is 27.3 Å². The van der Waals surface area contributed by atoms with E-state index < -0.39 is 10.0 Å². The number of hydrogen-bond acceptors (Lipinski definition) is 5. The summed E-state index contributed by atoms with van der Waals surface area (Å²) in [6.45, 7) is 0. The Kier molecular flexibility index (Phi) is 4.35. The molecule has 1 heterocycles. The Bertz CT molecular complexity index is 693. The van der Waals surface area contributed by atoms with E-state index in [1.54, 1.807) is 29.7 Å². The molecule has 2 aromatic rings. The predicted octanol–water partition coefficient (Wildman–Crippen LogP) is 2.60. The van der Waals surface area contributed by atoms with Gasteiger partial charge in [-0.1, -0.05) is 0 Å². The highest BCUT2D eigenvalue weighted by molar-refractivity contribution is 9.11. The third-order valence-electron chi connectivity index (χ3n) is 2.16. The molecule has 2 rings (SSSR count). The van der Waals surface area contributed by atoms with Crippen LogP contribution < -0.4 is 10.6 Å². The molecule has 0 spiro atoms. The zero-order chi connectivity index (χ0) is 13.9. The summed E-state index contributed by atoms with van der Waals surface area (Å²) in [5.74, 6) is 0. The van der Waals surface area contributed by atoms with Crippen molar-refractivity contribution in [2.45, 2.75) is 4.90 Å². The molecule has 0 aliphatic carbocycles. The number of hydrazone groups is 1. The second-order valence-corrected chi connectivity index (χ2v) is 7.64. The van der Waals surface area contributed by atoms with Gasteiger partial charge in [0.25, 0.3) is 0 Å². The van der Waals surface area contributed by atoms with Crippen LogP contribution in [0.2, 0.25) is 0 Å². The van der Waals surface area contributed by atoms with Crippen LogP contribution in [0.4, 0.5) is 5.69 Å². The highest BCUT2D eigenvalue weighted by Gasteiger charge is 2.06. The number of hydrogen-bond donors (Lipinski definition) is 2. The van der Waals surface area contributed by atoms with Crippen LogP contribution in [0, 0.1) is 0 Å². The molecule has 5 nitrogen and oxygen atoms in total. The van der Waals surface area contributed by atoms with Gasteiger partial charge in [0.2, 0.25) is 10.0 Å². The summed E-state index contributed by atoms with van der Waals surface area (Å²) in [6, 6.07) is 9.92. The van der Waals surface area contributed by atoms with Gasteiger partial charge in [-0.2, -0.15) is 5.10 Å². The van der Waals surface area contributed by atoms with Gasteiger partial charge in [0.1, 0.15) is 0 Å². The Morgan fingerprint density at radius 1 is 1.21 bits per heavy atom. The van der Waals surface area contributed by atoms with Crippen LogP contribution in [0.1, 0.15) is 4.88 Å². The topological polar surface area (TPSA) is 84.5 Å². The smallest absolute Gasteiger partial charge is 0.238 e. The Balaban J connectivity index is 2.02. The molecular formula is C11H10BrN3O2S2. The van der Waals surface area contributed by atoms with Crippen LogP contribution in [-0.4, -0.2) is 14.6 Å². The molecule has 0 fully saturated rings. The minimum Gasteiger partial charge on any atom is -0.278 e. The van der Waals surface area contributed by atoms with Gasteiger partial charge in [-0.05, 0) is 52.3 Å². The number of halogens is 1. The quantitative estimate of drug-likeness (QED) is 0.649. The van der Waals surface area contributed by atoms with Crippen molar-refractivity contribution < 1.29 is 8.42 Å². The lowest BCUT2D eigenvalue weighted by Crippen LogP contribution is -2.11. The van der Waals surface area contributed by atoms with E-state index in [1.165, 1.54) is 12.1 Å². The Morgan fingerprint density at radius 3 is 2.42 bits per heavy atom. The lowest BCUT2D eigenvalue weighted by molar-refractivity contribution is 0.598. The van der Waals surface area contributed by atoms with Crippen molar-refractivity contribution in [3.05, 3.63) is 45.1 Å². The monoisotopic (exact) mass is 359 g/mol. The summed E-state index contributed by atoms with van der Waals surface area (Å²) < 4.78 is 23.2. The average molecular weight is 360 g/mol. The molecule has 0 saturated carbocycles. The molecule has 100 valence electrons. The Hall–Kier alpha value is -1.22. The summed E-state index contributed by atoms with van der Waals surface area (Å²) in [6.07, 6.45) is 1.68. The normalized spacial score (nSPS) is 11.9. The Labute approximate surface area is 123 Å². The van der Waals surface area contributed by atoms with Gasteiger partial charge in [-0.25, -0.2) is 13.6 Å². The number of nitrogens with one attached hydrogen (secondary N) is 1. The van der Waals surface area contributed by atoms with E-state index in [0.717, 1.165) is 8.66 Å². The standard InChI is InChI=1S/C11H10BrN3O2S2/c12-11-6-3-9(18-11)7-14-15-8-1-4-10(5-2-8)19(13,16)17/h1-7,15H,(H2,13,16,17)/b14-7+. The number of sulfonamides is 1. The first kappa shape index (κ1) is 14.2. The first-order valence-electron chi connectivity index (χ1n) is 5.12. The van der Waals surface area contributed by atoms with E-state index in [4.69, 9.17) is 5.14 Å². The van der Waals surface area contributed by atoms with Crippen LogP contribution in [-0.2, 0) is 10.0 Å². The maximum Gasteiger partial charge on any atom is 0.238 e. The molecule has 0 saturated heterocycles. The fourth-order valence-electron chi connectivity index (χ4n) is 1.29. The lowest BCUT2D eigenvalue weighted by atomic mass is 10.3. The van der Waals surface area contributed by atoms with Gasteiger partial charge in [-0.3, -0.25) is 5.43 Å². The summed E-state index contributed by atoms with van der Waals surface area (Å²) >= 11 is 4.92. The van der Waals surface area contributed by atoms with Crippen molar-refractivity contribution in [3.8, 4) is 0 Å². The molecular weight excluding hydrogens is 350 g/mol. The first-order valence-corrected chi connectivity index (χ1v) is 8.28. The minimum absolute atomic E-state index is 0.0733. The van der Waals surface area contributed by atoms with Gasteiger partial charge in [-0.15, -0.1) is 11.3 Å². The third-order valence-corrected chi connectivity index (χ3v) is 4.65. The molecule has 0 bridgehead atoms. The first-order chi connectivity index (χ1) is 8.95. The molecule has 0 atom stereocenters.